The number of carbonyl (C=O) groups excluding carboxylic acids is 2. The van der Waals surface area contributed by atoms with Crippen molar-refractivity contribution in [3.8, 4) is 0 Å². The summed E-state index contributed by atoms with van der Waals surface area (Å²) < 4.78 is 13.2. The quantitative estimate of drug-likeness (QED) is 0.550. The number of aryl methyl sites for hydroxylation is 1. The number of hydrogen-bond acceptors (Lipinski definition) is 6. The van der Waals surface area contributed by atoms with Crippen LogP contribution in [0.15, 0.2) is 12.3 Å². The summed E-state index contributed by atoms with van der Waals surface area (Å²) in [4.78, 5) is 34.6. The number of fused-ring (bicyclic) bond motifs is 2. The Morgan fingerprint density at radius 2 is 1.61 bits per heavy atom. The number of aromatic nitrogens is 3. The second kappa shape index (κ2) is 9.23. The first-order chi connectivity index (χ1) is 16.6. The Labute approximate surface area is 214 Å². The molecule has 2 unspecified atom stereocenters. The van der Waals surface area contributed by atoms with Crippen LogP contribution in [0.1, 0.15) is 85.4 Å². The molecule has 2 aromatic rings. The van der Waals surface area contributed by atoms with Crippen molar-refractivity contribution in [2.45, 2.75) is 98.3 Å². The molecule has 1 aliphatic heterocycles. The van der Waals surface area contributed by atoms with Gasteiger partial charge in [0.05, 0.1) is 6.20 Å². The van der Waals surface area contributed by atoms with Gasteiger partial charge in [0.1, 0.15) is 17.0 Å². The molecule has 198 valence electrons. The van der Waals surface area contributed by atoms with E-state index in [0.717, 1.165) is 29.7 Å². The average molecular weight is 500 g/mol. The molecule has 1 saturated carbocycles. The van der Waals surface area contributed by atoms with E-state index in [1.165, 1.54) is 0 Å². The number of nitrogens with zero attached hydrogens (tertiary/aromatic N) is 5. The maximum Gasteiger partial charge on any atom is 0.416 e. The Hall–Kier alpha value is -2.84. The third kappa shape index (κ3) is 5.44. The number of likely N-dealkylation sites (tertiary alicyclic amines) is 1. The van der Waals surface area contributed by atoms with Crippen molar-refractivity contribution in [1.29, 1.82) is 0 Å². The van der Waals surface area contributed by atoms with E-state index in [1.807, 2.05) is 65.6 Å². The first-order valence-corrected chi connectivity index (χ1v) is 13.0. The van der Waals surface area contributed by atoms with E-state index in [4.69, 9.17) is 14.5 Å². The Balaban J connectivity index is 1.64. The van der Waals surface area contributed by atoms with E-state index in [-0.39, 0.29) is 24.1 Å². The van der Waals surface area contributed by atoms with Crippen LogP contribution in [0.25, 0.3) is 5.65 Å². The Morgan fingerprint density at radius 1 is 1.03 bits per heavy atom. The number of ether oxygens (including phenoxy) is 2. The molecule has 36 heavy (non-hydrogen) atoms. The number of amides is 2. The molecule has 2 aromatic heterocycles. The SMILES string of the molecule is Cc1cc(N(C(=O)OC(C)(C)C)C2CC3CN(C(=O)OC(C)(C)C)CC3C2)n2ncc(C(C)C)c2n1. The summed E-state index contributed by atoms with van der Waals surface area (Å²) in [6.45, 7) is 18.7. The minimum atomic E-state index is -0.633. The molecule has 0 spiro atoms. The van der Waals surface area contributed by atoms with Gasteiger partial charge in [-0.25, -0.2) is 14.6 Å². The molecule has 9 nitrogen and oxygen atoms in total. The van der Waals surface area contributed by atoms with Crippen LogP contribution in [0.3, 0.4) is 0 Å². The van der Waals surface area contributed by atoms with Crippen molar-refractivity contribution in [2.75, 3.05) is 18.0 Å². The highest BCUT2D eigenvalue weighted by Crippen LogP contribution is 2.42. The number of rotatable bonds is 3. The van der Waals surface area contributed by atoms with Crippen LogP contribution in [0.5, 0.6) is 0 Å². The lowest BCUT2D eigenvalue weighted by atomic mass is 10.0. The maximum atomic E-state index is 13.6. The minimum Gasteiger partial charge on any atom is -0.444 e. The molecule has 2 amide bonds. The summed E-state index contributed by atoms with van der Waals surface area (Å²) in [5.41, 5.74) is 1.48. The number of carbonyl (C=O) groups is 2. The fourth-order valence-corrected chi connectivity index (χ4v) is 5.36. The van der Waals surface area contributed by atoms with Crippen molar-refractivity contribution < 1.29 is 19.1 Å². The summed E-state index contributed by atoms with van der Waals surface area (Å²) in [6, 6.07) is 1.85. The van der Waals surface area contributed by atoms with Gasteiger partial charge in [-0.3, -0.25) is 4.90 Å². The molecule has 3 heterocycles. The van der Waals surface area contributed by atoms with Gasteiger partial charge in [0.25, 0.3) is 0 Å². The predicted octanol–water partition coefficient (Wildman–Crippen LogP) is 5.55. The molecule has 4 rings (SSSR count). The van der Waals surface area contributed by atoms with Gasteiger partial charge in [-0.1, -0.05) is 13.8 Å². The summed E-state index contributed by atoms with van der Waals surface area (Å²) in [6.07, 6.45) is 2.76. The fraction of sp³-hybridized carbons (Fsp3) is 0.704. The van der Waals surface area contributed by atoms with Crippen molar-refractivity contribution in [3.63, 3.8) is 0 Å². The van der Waals surface area contributed by atoms with Crippen molar-refractivity contribution >= 4 is 23.7 Å². The van der Waals surface area contributed by atoms with E-state index in [1.54, 1.807) is 9.42 Å². The van der Waals surface area contributed by atoms with Crippen LogP contribution in [0.2, 0.25) is 0 Å². The zero-order valence-electron chi connectivity index (χ0n) is 23.2. The topological polar surface area (TPSA) is 89.3 Å². The molecular formula is C27H41N5O4. The zero-order valence-corrected chi connectivity index (χ0v) is 23.2. The van der Waals surface area contributed by atoms with Gasteiger partial charge < -0.3 is 14.4 Å². The van der Waals surface area contributed by atoms with E-state index >= 15 is 0 Å². The van der Waals surface area contributed by atoms with Crippen molar-refractivity contribution in [1.82, 2.24) is 19.5 Å². The summed E-state index contributed by atoms with van der Waals surface area (Å²) in [7, 11) is 0. The van der Waals surface area contributed by atoms with Crippen LogP contribution < -0.4 is 4.90 Å². The molecular weight excluding hydrogens is 458 g/mol. The maximum absolute atomic E-state index is 13.6. The minimum absolute atomic E-state index is 0.0627. The van der Waals surface area contributed by atoms with Crippen LogP contribution in [0, 0.1) is 18.8 Å². The largest absolute Gasteiger partial charge is 0.444 e. The number of anilines is 1. The van der Waals surface area contributed by atoms with E-state index in [2.05, 4.69) is 18.9 Å². The zero-order chi connectivity index (χ0) is 26.6. The summed E-state index contributed by atoms with van der Waals surface area (Å²) in [5.74, 6) is 1.53. The van der Waals surface area contributed by atoms with Crippen molar-refractivity contribution in [3.05, 3.63) is 23.5 Å². The fourth-order valence-electron chi connectivity index (χ4n) is 5.36. The summed E-state index contributed by atoms with van der Waals surface area (Å²) >= 11 is 0. The molecule has 2 fully saturated rings. The molecule has 9 heteroatoms. The smallest absolute Gasteiger partial charge is 0.416 e. The van der Waals surface area contributed by atoms with Crippen LogP contribution in [-0.4, -0.2) is 62.0 Å². The highest BCUT2D eigenvalue weighted by molar-refractivity contribution is 5.88. The summed E-state index contributed by atoms with van der Waals surface area (Å²) in [5, 5.41) is 4.63. The standard InChI is InChI=1S/C27H41N5O4/c1-16(2)21-13-28-32-22(10-17(3)29-23(21)32)31(25(34)36-27(7,8)9)20-11-18-14-30(15-19(18)12-20)24(33)35-26(4,5)6/h10,13,16,18-20H,11-12,14-15H2,1-9H3. The van der Waals surface area contributed by atoms with Crippen LogP contribution in [0.4, 0.5) is 15.4 Å². The van der Waals surface area contributed by atoms with Gasteiger partial charge in [0, 0.05) is 36.5 Å². The molecule has 0 bridgehead atoms. The second-order valence-corrected chi connectivity index (χ2v) is 12.6. The lowest BCUT2D eigenvalue weighted by molar-refractivity contribution is 0.0276. The lowest BCUT2D eigenvalue weighted by Crippen LogP contribution is -2.44. The molecule has 0 N–H and O–H groups in total. The third-order valence-corrected chi connectivity index (χ3v) is 6.81. The van der Waals surface area contributed by atoms with Gasteiger partial charge in [-0.15, -0.1) is 0 Å². The molecule has 0 radical (unpaired) electrons. The molecule has 1 aliphatic carbocycles. The first kappa shape index (κ1) is 26.2. The number of hydrogen-bond donors (Lipinski definition) is 0. The van der Waals surface area contributed by atoms with Gasteiger partial charge in [-0.05, 0) is 79.1 Å². The van der Waals surface area contributed by atoms with E-state index in [0.29, 0.717) is 30.7 Å². The third-order valence-electron chi connectivity index (χ3n) is 6.81. The highest BCUT2D eigenvalue weighted by atomic mass is 16.6. The van der Waals surface area contributed by atoms with Gasteiger partial charge in [-0.2, -0.15) is 9.61 Å². The Morgan fingerprint density at radius 3 is 2.14 bits per heavy atom. The van der Waals surface area contributed by atoms with Gasteiger partial charge >= 0.3 is 12.2 Å². The van der Waals surface area contributed by atoms with Crippen LogP contribution in [-0.2, 0) is 9.47 Å². The molecule has 0 aromatic carbocycles. The van der Waals surface area contributed by atoms with E-state index < -0.39 is 11.2 Å². The Kier molecular flexibility index (Phi) is 6.73. The van der Waals surface area contributed by atoms with Crippen LogP contribution >= 0.6 is 0 Å². The predicted molar refractivity (Wildman–Crippen MR) is 138 cm³/mol. The normalized spacial score (nSPS) is 22.3. The highest BCUT2D eigenvalue weighted by Gasteiger charge is 2.47. The Bertz CT molecular complexity index is 1130. The monoisotopic (exact) mass is 499 g/mol. The second-order valence-electron chi connectivity index (χ2n) is 12.6. The average Bonchev–Trinajstić information content (AvgIpc) is 3.38. The van der Waals surface area contributed by atoms with E-state index in [9.17, 15) is 9.59 Å². The van der Waals surface area contributed by atoms with Crippen molar-refractivity contribution in [2.24, 2.45) is 11.8 Å². The molecule has 2 aliphatic rings. The first-order valence-electron chi connectivity index (χ1n) is 13.0. The van der Waals surface area contributed by atoms with Gasteiger partial charge in [0.2, 0.25) is 0 Å². The van der Waals surface area contributed by atoms with Gasteiger partial charge in [0.15, 0.2) is 5.65 Å². The molecule has 2 atom stereocenters. The lowest BCUT2D eigenvalue weighted by Gasteiger charge is -2.32. The molecule has 1 saturated heterocycles.